The molecule has 3 N–H and O–H groups in total. The highest BCUT2D eigenvalue weighted by molar-refractivity contribution is 6.30. The highest BCUT2D eigenvalue weighted by Gasteiger charge is 2.32. The van der Waals surface area contributed by atoms with Crippen LogP contribution in [-0.2, 0) is 11.8 Å². The van der Waals surface area contributed by atoms with E-state index in [9.17, 15) is 4.79 Å². The molecule has 0 spiro atoms. The van der Waals surface area contributed by atoms with Crippen LogP contribution in [-0.4, -0.2) is 34.4 Å². The average Bonchev–Trinajstić information content (AvgIpc) is 3.20. The summed E-state index contributed by atoms with van der Waals surface area (Å²) in [6.07, 6.45) is 2.65. The Kier molecular flexibility index (Phi) is 5.80. The van der Waals surface area contributed by atoms with E-state index >= 15 is 0 Å². The van der Waals surface area contributed by atoms with Crippen molar-refractivity contribution in [1.29, 1.82) is 0 Å². The Morgan fingerprint density at radius 1 is 1.42 bits per heavy atom. The van der Waals surface area contributed by atoms with Crippen molar-refractivity contribution in [3.8, 4) is 5.75 Å². The molecule has 140 valence electrons. The van der Waals surface area contributed by atoms with Gasteiger partial charge in [-0.05, 0) is 44.5 Å². The summed E-state index contributed by atoms with van der Waals surface area (Å²) < 4.78 is 7.46. The van der Waals surface area contributed by atoms with Crippen molar-refractivity contribution < 1.29 is 9.53 Å². The number of aromatic nitrogens is 2. The van der Waals surface area contributed by atoms with Gasteiger partial charge in [-0.3, -0.25) is 9.48 Å². The van der Waals surface area contributed by atoms with Crippen molar-refractivity contribution >= 4 is 17.5 Å². The molecule has 1 saturated heterocycles. The third kappa shape index (κ3) is 4.55. The second-order valence-corrected chi connectivity index (χ2v) is 7.08. The summed E-state index contributed by atoms with van der Waals surface area (Å²) in [6.45, 7) is 4.28. The van der Waals surface area contributed by atoms with E-state index in [1.165, 1.54) is 0 Å². The molecule has 1 amide bonds. The minimum atomic E-state index is -0.294. The number of hydrazine groups is 1. The topological polar surface area (TPSA) is 80.2 Å². The monoisotopic (exact) mass is 377 g/mol. The molecule has 3 rings (SSSR count). The number of aryl methyl sites for hydroxylation is 2. The Labute approximate surface area is 158 Å². The summed E-state index contributed by atoms with van der Waals surface area (Å²) in [5.74, 6) is 0.678. The fourth-order valence-electron chi connectivity index (χ4n) is 3.03. The third-order valence-corrected chi connectivity index (χ3v) is 4.60. The summed E-state index contributed by atoms with van der Waals surface area (Å²) >= 11 is 5.85. The summed E-state index contributed by atoms with van der Waals surface area (Å²) in [7, 11) is 1.89. The number of rotatable bonds is 6. The first-order valence-electron chi connectivity index (χ1n) is 8.62. The highest BCUT2D eigenvalue weighted by Crippen LogP contribution is 2.24. The second kappa shape index (κ2) is 8.07. The van der Waals surface area contributed by atoms with E-state index in [-0.39, 0.29) is 24.0 Å². The summed E-state index contributed by atoms with van der Waals surface area (Å²) in [5.41, 5.74) is 8.33. The average molecular weight is 378 g/mol. The lowest BCUT2D eigenvalue weighted by Gasteiger charge is -2.17. The van der Waals surface area contributed by atoms with Crippen LogP contribution in [0.2, 0.25) is 5.02 Å². The third-order valence-electron chi connectivity index (χ3n) is 4.35. The molecule has 1 aromatic carbocycles. The van der Waals surface area contributed by atoms with E-state index in [0.29, 0.717) is 18.1 Å². The second-order valence-electron chi connectivity index (χ2n) is 6.65. The van der Waals surface area contributed by atoms with Gasteiger partial charge < -0.3 is 10.1 Å². The maximum atomic E-state index is 12.5. The van der Waals surface area contributed by atoms with Crippen molar-refractivity contribution in [3.05, 3.63) is 46.7 Å². The Balaban J connectivity index is 1.47. The predicted octanol–water partition coefficient (Wildman–Crippen LogP) is 1.87. The van der Waals surface area contributed by atoms with Gasteiger partial charge in [-0.25, -0.2) is 10.9 Å². The van der Waals surface area contributed by atoms with Gasteiger partial charge in [0.15, 0.2) is 0 Å². The van der Waals surface area contributed by atoms with Crippen LogP contribution in [0.25, 0.3) is 0 Å². The first-order chi connectivity index (χ1) is 12.4. The van der Waals surface area contributed by atoms with Crippen molar-refractivity contribution in [2.75, 3.05) is 6.61 Å². The summed E-state index contributed by atoms with van der Waals surface area (Å²) in [6, 6.07) is 6.82. The molecule has 3 atom stereocenters. The van der Waals surface area contributed by atoms with Crippen LogP contribution in [0.3, 0.4) is 0 Å². The van der Waals surface area contributed by atoms with Crippen LogP contribution in [0.1, 0.15) is 30.6 Å². The van der Waals surface area contributed by atoms with Gasteiger partial charge in [0.25, 0.3) is 0 Å². The smallest absolute Gasteiger partial charge is 0.238 e. The SMILES string of the molecule is Cc1nn(C)cc1C1CC(C(=O)NC(C)COc2ccc(Cl)cc2)NN1. The number of carbonyl (C=O) groups is 1. The van der Waals surface area contributed by atoms with Crippen molar-refractivity contribution in [2.24, 2.45) is 7.05 Å². The molecule has 1 fully saturated rings. The van der Waals surface area contributed by atoms with Crippen molar-refractivity contribution in [3.63, 3.8) is 0 Å². The molecule has 7 nitrogen and oxygen atoms in total. The number of hydrogen-bond acceptors (Lipinski definition) is 5. The largest absolute Gasteiger partial charge is 0.491 e. The first kappa shape index (κ1) is 18.7. The molecule has 3 unspecified atom stereocenters. The fourth-order valence-corrected chi connectivity index (χ4v) is 3.16. The maximum absolute atomic E-state index is 12.5. The minimum Gasteiger partial charge on any atom is -0.491 e. The molecule has 0 radical (unpaired) electrons. The standard InChI is InChI=1S/C18H24ClN5O2/c1-11(10-26-14-6-4-13(19)5-7-14)20-18(25)17-8-16(21-22-17)15-9-24(3)23-12(15)2/h4-7,9,11,16-17,21-22H,8,10H2,1-3H3,(H,20,25). The lowest BCUT2D eigenvalue weighted by atomic mass is 10.0. The number of benzene rings is 1. The van der Waals surface area contributed by atoms with Crippen LogP contribution < -0.4 is 20.9 Å². The molecular weight excluding hydrogens is 354 g/mol. The predicted molar refractivity (Wildman–Crippen MR) is 99.9 cm³/mol. The van der Waals surface area contributed by atoms with Gasteiger partial charge in [-0.1, -0.05) is 11.6 Å². The van der Waals surface area contributed by atoms with Gasteiger partial charge >= 0.3 is 0 Å². The number of carbonyl (C=O) groups excluding carboxylic acids is 1. The Morgan fingerprint density at radius 3 is 2.81 bits per heavy atom. The Hall–Kier alpha value is -2.09. The summed E-state index contributed by atoms with van der Waals surface area (Å²) in [4.78, 5) is 12.5. The van der Waals surface area contributed by atoms with Crippen LogP contribution >= 0.6 is 11.6 Å². The van der Waals surface area contributed by atoms with Crippen molar-refractivity contribution in [1.82, 2.24) is 25.9 Å². The van der Waals surface area contributed by atoms with Crippen LogP contribution in [0, 0.1) is 6.92 Å². The highest BCUT2D eigenvalue weighted by atomic mass is 35.5. The zero-order valence-corrected chi connectivity index (χ0v) is 15.9. The number of halogens is 1. The van der Waals surface area contributed by atoms with Gasteiger partial charge in [-0.2, -0.15) is 5.10 Å². The first-order valence-corrected chi connectivity index (χ1v) is 9.00. The van der Waals surface area contributed by atoms with Gasteiger partial charge in [0.2, 0.25) is 5.91 Å². The van der Waals surface area contributed by atoms with Crippen LogP contribution in [0.4, 0.5) is 0 Å². The molecule has 26 heavy (non-hydrogen) atoms. The molecular formula is C18H24ClN5O2. The quantitative estimate of drug-likeness (QED) is 0.716. The molecule has 2 aromatic rings. The Morgan fingerprint density at radius 2 is 2.15 bits per heavy atom. The lowest BCUT2D eigenvalue weighted by molar-refractivity contribution is -0.123. The molecule has 1 aliphatic rings. The van der Waals surface area contributed by atoms with E-state index < -0.39 is 0 Å². The molecule has 1 aromatic heterocycles. The molecule has 8 heteroatoms. The van der Waals surface area contributed by atoms with Gasteiger partial charge in [0, 0.05) is 23.8 Å². The molecule has 0 saturated carbocycles. The number of hydrogen-bond donors (Lipinski definition) is 3. The van der Waals surface area contributed by atoms with E-state index in [4.69, 9.17) is 16.3 Å². The fraction of sp³-hybridized carbons (Fsp3) is 0.444. The maximum Gasteiger partial charge on any atom is 0.238 e. The summed E-state index contributed by atoms with van der Waals surface area (Å²) in [5, 5.41) is 8.00. The zero-order chi connectivity index (χ0) is 18.7. The van der Waals surface area contributed by atoms with Crippen molar-refractivity contribution in [2.45, 2.75) is 38.4 Å². The van der Waals surface area contributed by atoms with Gasteiger partial charge in [-0.15, -0.1) is 0 Å². The number of nitrogens with one attached hydrogen (secondary N) is 3. The van der Waals surface area contributed by atoms with Gasteiger partial charge in [0.1, 0.15) is 18.4 Å². The molecule has 1 aliphatic heterocycles. The van der Waals surface area contributed by atoms with Gasteiger partial charge in [0.05, 0.1) is 17.8 Å². The Bertz CT molecular complexity index is 761. The normalized spacial score (nSPS) is 20.8. The van der Waals surface area contributed by atoms with E-state index in [2.05, 4.69) is 21.3 Å². The number of amides is 1. The van der Waals surface area contributed by atoms with Crippen LogP contribution in [0.5, 0.6) is 5.75 Å². The lowest BCUT2D eigenvalue weighted by Crippen LogP contribution is -2.47. The zero-order valence-electron chi connectivity index (χ0n) is 15.1. The minimum absolute atomic E-state index is 0.0475. The van der Waals surface area contributed by atoms with E-state index in [1.807, 2.05) is 27.1 Å². The molecule has 0 bridgehead atoms. The number of nitrogens with zero attached hydrogens (tertiary/aromatic N) is 2. The van der Waals surface area contributed by atoms with E-state index in [1.54, 1.807) is 28.9 Å². The molecule has 2 heterocycles. The van der Waals surface area contributed by atoms with E-state index in [0.717, 1.165) is 17.0 Å². The molecule has 0 aliphatic carbocycles. The number of ether oxygens (including phenoxy) is 1. The van der Waals surface area contributed by atoms with Crippen LogP contribution in [0.15, 0.2) is 30.5 Å².